The standard InChI is InChI=1S/C41H53F5N2O7S.C31H43F5NO7PS.C29H41F4O7PS/c1-24(2)35(36(50)47-32(37(51)52)21-25-9-5-4-6-10-25)48-38(53)55-28-12-13-29-27(23-28)22-26(34-30(29)16-18-39(3)31(34)14-15-33(39)49)11-7-19-56(54)20-8-17-40(42,43)41(44,45)46;1-29-13-11-23-22-8-7-21(44-45(41,42)37-14-2-6-25(37)28(39)40)18-20(22)17-19(27(23)24(29)9-10-26(29)38)5-3-15-46(43)16-4-12-30(32,33)31(34,35)36;1-18(34)39-41(36,37)40-21-7-8-22-20(17-21)16-19(26-23(22)11-13-27(2)24(26)9-10-25(27)35)6-4-14-42(38)15-5-12-29(32,33)28(3,30)31/h4-6,9-10,12-13,23-24,26,30-35,49H,7-8,11,14-22H2,1-3H3,(H,47,50)(H,48,53)(H,51,52);7-8,18-19,23-27,38H,2-6,9-17H2,1H3,(H,39,40)(H,41,42);7-8,17,19,23-26,35H,4-6,9-16H2,1-3H3,(H,36,37)/t26-,30-,31+,32+,33+,34-,35+,39+,56?;19-,23-,24+,25+,26+,27-,29+,46?;19-,23-,24+,25+,26-,27+,42?/m111/s1. The number of aliphatic hydroxyl groups is 3. The normalized spacial score (nSPS) is 30.0. The van der Waals surface area contributed by atoms with E-state index >= 15 is 0 Å². The molecule has 26 atom stereocenters. The molecule has 10 aliphatic rings. The molecule has 4 aromatic rings. The highest BCUT2D eigenvalue weighted by Crippen LogP contribution is 2.67. The zero-order valence-electron chi connectivity index (χ0n) is 81.9. The Labute approximate surface area is 838 Å². The first-order chi connectivity index (χ1) is 67.2. The number of hydrogen-bond donors (Lipinski definition) is 9. The summed E-state index contributed by atoms with van der Waals surface area (Å²) in [6.45, 7) is 11.2. The minimum Gasteiger partial charge on any atom is -0.480 e. The lowest BCUT2D eigenvalue weighted by Crippen LogP contribution is -2.54. The van der Waals surface area contributed by atoms with Crippen LogP contribution in [0.1, 0.15) is 272 Å². The molecule has 0 aromatic heterocycles. The fraction of sp³-hybridized carbons (Fsp3) is 0.713. The molecule has 5 unspecified atom stereocenters. The predicted octanol–water partition coefficient (Wildman–Crippen LogP) is 21.0. The minimum atomic E-state index is -5.64. The number of phosphoric acid groups is 1. The zero-order valence-corrected chi connectivity index (χ0v) is 86.2. The number of alkyl halides is 14. The molecule has 9 N–H and O–H groups in total. The summed E-state index contributed by atoms with van der Waals surface area (Å²) in [5.74, 6) is -19.3. The largest absolute Gasteiger partial charge is 0.587 e. The number of carboxylic acids is 2. The van der Waals surface area contributed by atoms with Crippen molar-refractivity contribution in [3.05, 3.63) is 124 Å². The maximum atomic E-state index is 13.6. The van der Waals surface area contributed by atoms with E-state index in [1.807, 2.05) is 18.2 Å². The summed E-state index contributed by atoms with van der Waals surface area (Å²) in [5.41, 5.74) is 6.31. The number of phosphoric ester groups is 1. The molecule has 808 valence electrons. The van der Waals surface area contributed by atoms with Gasteiger partial charge in [0.15, 0.2) is 0 Å². The number of fused-ring (bicyclic) bond motifs is 15. The lowest BCUT2D eigenvalue weighted by Gasteiger charge is -2.53. The second-order valence-corrected chi connectivity index (χ2v) is 50.8. The first-order valence-electron chi connectivity index (χ1n) is 50.1. The van der Waals surface area contributed by atoms with Gasteiger partial charge in [-0.3, -0.25) is 31.9 Å². The van der Waals surface area contributed by atoms with Gasteiger partial charge in [-0.2, -0.15) is 57.4 Å². The number of nitrogens with zero attached hydrogens (tertiary/aromatic N) is 1. The van der Waals surface area contributed by atoms with Crippen molar-refractivity contribution in [3.63, 3.8) is 0 Å². The molecule has 1 saturated heterocycles. The van der Waals surface area contributed by atoms with Crippen molar-refractivity contribution in [3.8, 4) is 17.2 Å². The van der Waals surface area contributed by atoms with Crippen LogP contribution in [0.3, 0.4) is 0 Å². The van der Waals surface area contributed by atoms with Crippen LogP contribution in [0, 0.1) is 75.4 Å². The van der Waals surface area contributed by atoms with Crippen LogP contribution >= 0.6 is 15.6 Å². The van der Waals surface area contributed by atoms with Gasteiger partial charge in [0.05, 0.1) is 18.3 Å². The van der Waals surface area contributed by atoms with Gasteiger partial charge in [-0.15, -0.1) is 0 Å². The van der Waals surface area contributed by atoms with Crippen LogP contribution in [-0.4, -0.2) is 196 Å². The fourth-order valence-electron chi connectivity index (χ4n) is 25.9. The van der Waals surface area contributed by atoms with Crippen LogP contribution in [0.25, 0.3) is 0 Å². The van der Waals surface area contributed by atoms with Gasteiger partial charge in [0.25, 0.3) is 0 Å². The topological polar surface area (TPSA) is 377 Å². The number of ether oxygens (including phenoxy) is 1. The number of carboxylic acid groups (broad SMARTS) is 2. The van der Waals surface area contributed by atoms with Crippen molar-refractivity contribution in [2.45, 2.75) is 331 Å². The molecule has 4 aromatic carbocycles. The number of benzene rings is 4. The Kier molecular flexibility index (Phi) is 37.9. The number of amides is 2. The highest BCUT2D eigenvalue weighted by Gasteiger charge is 2.63. The number of carbonyl (C=O) groups is 5. The van der Waals surface area contributed by atoms with E-state index in [0.717, 1.165) is 115 Å². The summed E-state index contributed by atoms with van der Waals surface area (Å²) in [5, 5.41) is 57.2. The minimum absolute atomic E-state index is 0.0560. The van der Waals surface area contributed by atoms with Crippen molar-refractivity contribution >= 4 is 77.9 Å². The van der Waals surface area contributed by atoms with E-state index in [4.69, 9.17) is 13.8 Å². The summed E-state index contributed by atoms with van der Waals surface area (Å²) in [7, 11) is -13.6. The molecule has 0 spiro atoms. The third kappa shape index (κ3) is 27.4. The highest BCUT2D eigenvalue weighted by molar-refractivity contribution is 7.85. The number of hydrogen-bond acceptors (Lipinski definition) is 17. The van der Waals surface area contributed by atoms with E-state index in [-0.39, 0.29) is 172 Å². The monoisotopic (exact) mass is 2150 g/mol. The van der Waals surface area contributed by atoms with Crippen LogP contribution in [0.2, 0.25) is 0 Å². The number of nitrogens with one attached hydrogen (secondary N) is 2. The first-order valence-corrected chi connectivity index (χ1v) is 57.6. The van der Waals surface area contributed by atoms with Crippen LogP contribution in [0.5, 0.6) is 17.2 Å². The SMILES string of the molecule is CC(=O)OP(=O)(O)Oc1ccc2c(c1)C[C@@H](CCCS(=O)CCCC(F)(F)C(C)(F)F)[C@@H]1[C@@H]2CC[C@]2(C)[C@@H](O)CC[C@@H]12.CC(C)[C@H](NC(=O)Oc1ccc2c(c1)C[C@@H](CCCS(=O)CCCC(F)(F)C(F)(F)F)[C@@H]1[C@@H]2CC[C@]2(C)[C@@H](O)CC[C@@H]12)C(=O)N[C@@H](Cc1ccccc1)C(=O)O.C[C@]12CC[C@@H]3c4ccc(OP(=O)(O)N5CCC[C@H]5C(=O)O)cc4C[C@@H](CCCS(=O)CCCC(F)(F)C(F)(F)F)[C@H]3[C@@H]1CC[C@@H]2O. The summed E-state index contributed by atoms with van der Waals surface area (Å²) >= 11 is 0. The number of halogens is 14. The van der Waals surface area contributed by atoms with E-state index in [1.54, 1.807) is 80.6 Å². The molecule has 144 heavy (non-hydrogen) atoms. The molecule has 1 aliphatic heterocycles. The van der Waals surface area contributed by atoms with Gasteiger partial charge in [0.2, 0.25) is 5.91 Å². The summed E-state index contributed by atoms with van der Waals surface area (Å²) in [6, 6.07) is 21.4. The Morgan fingerprint density at radius 3 is 1.24 bits per heavy atom. The molecule has 0 bridgehead atoms. The lowest BCUT2D eigenvalue weighted by molar-refractivity contribution is -0.284. The van der Waals surface area contributed by atoms with E-state index in [0.29, 0.717) is 83.0 Å². The van der Waals surface area contributed by atoms with Crippen LogP contribution in [-0.2, 0) is 90.9 Å². The molecule has 2 amide bonds. The highest BCUT2D eigenvalue weighted by atomic mass is 32.2. The second kappa shape index (κ2) is 47.1. The van der Waals surface area contributed by atoms with Gasteiger partial charge in [0, 0.05) is 113 Å². The molecule has 14 rings (SSSR count). The molecular formula is C101H137F14N3O21P2S3. The molecule has 6 saturated carbocycles. The third-order valence-corrected chi connectivity index (χ3v) is 40.2. The summed E-state index contributed by atoms with van der Waals surface area (Å²) < 4.78 is 267. The molecule has 24 nitrogen and oxygen atoms in total. The van der Waals surface area contributed by atoms with Crippen LogP contribution < -0.4 is 24.4 Å². The van der Waals surface area contributed by atoms with E-state index < -0.39 is 182 Å². The van der Waals surface area contributed by atoms with Gasteiger partial charge in [0.1, 0.15) is 35.4 Å². The molecular weight excluding hydrogens is 2020 g/mol. The summed E-state index contributed by atoms with van der Waals surface area (Å²) in [6.07, 6.45) is -2.38. The zero-order chi connectivity index (χ0) is 106. The quantitative estimate of drug-likeness (QED) is 0.0147. The maximum Gasteiger partial charge on any atom is 0.587 e. The maximum absolute atomic E-state index is 13.6. The Bertz CT molecular complexity index is 5320. The second-order valence-electron chi connectivity index (χ2n) is 42.8. The Morgan fingerprint density at radius 2 is 0.875 bits per heavy atom. The lowest BCUT2D eigenvalue weighted by atomic mass is 9.52. The molecule has 43 heteroatoms. The van der Waals surface area contributed by atoms with Gasteiger partial charge in [-0.25, -0.2) is 27.5 Å². The van der Waals surface area contributed by atoms with E-state index in [1.165, 1.54) is 0 Å². The first kappa shape index (κ1) is 116. The Balaban J connectivity index is 0.000000195. The summed E-state index contributed by atoms with van der Waals surface area (Å²) in [4.78, 5) is 81.9. The molecule has 0 radical (unpaired) electrons. The van der Waals surface area contributed by atoms with Crippen molar-refractivity contribution in [1.29, 1.82) is 0 Å². The molecule has 9 aliphatic carbocycles. The Hall–Kier alpha value is -6.68. The fourth-order valence-corrected chi connectivity index (χ4v) is 31.5. The van der Waals surface area contributed by atoms with Crippen molar-refractivity contribution in [2.75, 3.05) is 41.1 Å². The van der Waals surface area contributed by atoms with Gasteiger partial charge in [-0.05, 0) is 335 Å². The number of rotatable bonds is 40. The predicted molar refractivity (Wildman–Crippen MR) is 512 cm³/mol. The number of aliphatic hydroxyl groups excluding tert-OH is 3. The van der Waals surface area contributed by atoms with Crippen molar-refractivity contribution in [2.24, 2.45) is 75.4 Å². The van der Waals surface area contributed by atoms with Gasteiger partial charge < -0.3 is 59.4 Å². The van der Waals surface area contributed by atoms with Crippen molar-refractivity contribution in [1.82, 2.24) is 15.3 Å². The molecule has 7 fully saturated rings. The van der Waals surface area contributed by atoms with Crippen molar-refractivity contribution < 1.29 is 161 Å². The Morgan fingerprint density at radius 1 is 0.500 bits per heavy atom. The third-order valence-electron chi connectivity index (χ3n) is 33.2. The number of carbonyl (C=O) groups excluding carboxylic acids is 3. The smallest absolute Gasteiger partial charge is 0.480 e. The van der Waals surface area contributed by atoms with Gasteiger partial charge >= 0.3 is 75.6 Å². The van der Waals surface area contributed by atoms with Gasteiger partial charge in [-0.1, -0.05) is 83.1 Å². The van der Waals surface area contributed by atoms with Crippen LogP contribution in [0.4, 0.5) is 66.3 Å². The average molecular weight is 2150 g/mol. The average Bonchev–Trinajstić information content (AvgIpc) is 1.39. The van der Waals surface area contributed by atoms with E-state index in [9.17, 15) is 143 Å². The number of aliphatic carboxylic acids is 2. The molecule has 1 heterocycles. The van der Waals surface area contributed by atoms with E-state index in [2.05, 4.69) is 35.9 Å². The van der Waals surface area contributed by atoms with Crippen LogP contribution in [0.15, 0.2) is 84.9 Å².